The van der Waals surface area contributed by atoms with E-state index in [1.807, 2.05) is 0 Å². The Hall–Kier alpha value is -1.16. The second kappa shape index (κ2) is 6.35. The molecule has 0 saturated heterocycles. The predicted molar refractivity (Wildman–Crippen MR) is 57.9 cm³/mol. The molecule has 0 bridgehead atoms. The molecule has 0 aromatic carbocycles. The third-order valence-electron chi connectivity index (χ3n) is 2.09. The van der Waals surface area contributed by atoms with Crippen molar-refractivity contribution in [3.8, 4) is 0 Å². The van der Waals surface area contributed by atoms with Crippen LogP contribution < -0.4 is 0 Å². The van der Waals surface area contributed by atoms with Gasteiger partial charge in [-0.2, -0.15) is 5.10 Å². The van der Waals surface area contributed by atoms with Crippen LogP contribution in [-0.2, 0) is 11.3 Å². The van der Waals surface area contributed by atoms with E-state index in [0.717, 1.165) is 19.3 Å². The lowest BCUT2D eigenvalue weighted by atomic mass is 10.1. The highest BCUT2D eigenvalue weighted by Gasteiger charge is 1.97. The highest BCUT2D eigenvalue weighted by Crippen LogP contribution is 1.99. The monoisotopic (exact) mass is 210 g/mol. The minimum Gasteiger partial charge on any atom is -0.380 e. The molecule has 84 valence electrons. The van der Waals surface area contributed by atoms with Gasteiger partial charge in [-0.3, -0.25) is 9.48 Å². The van der Waals surface area contributed by atoms with E-state index in [2.05, 4.69) is 18.9 Å². The highest BCUT2D eigenvalue weighted by molar-refractivity contribution is 5.73. The first-order chi connectivity index (χ1) is 7.22. The van der Waals surface area contributed by atoms with E-state index in [4.69, 9.17) is 4.74 Å². The van der Waals surface area contributed by atoms with Gasteiger partial charge in [-0.25, -0.2) is 0 Å². The number of carbonyl (C=O) groups excluding carboxylic acids is 1. The number of rotatable bonds is 7. The van der Waals surface area contributed by atoms with Crippen LogP contribution in [0.3, 0.4) is 0 Å². The fourth-order valence-corrected chi connectivity index (χ4v) is 1.14. The molecule has 4 heteroatoms. The zero-order valence-electron chi connectivity index (χ0n) is 9.35. The molecular weight excluding hydrogens is 192 g/mol. The van der Waals surface area contributed by atoms with E-state index in [9.17, 15) is 4.79 Å². The topological polar surface area (TPSA) is 44.1 Å². The fraction of sp³-hybridized carbons (Fsp3) is 0.636. The zero-order valence-corrected chi connectivity index (χ0v) is 9.35. The summed E-state index contributed by atoms with van der Waals surface area (Å²) in [5.41, 5.74) is 0.609. The summed E-state index contributed by atoms with van der Waals surface area (Å²) in [5, 5.41) is 4.03. The Labute approximate surface area is 90.2 Å². The molecule has 0 aliphatic carbocycles. The van der Waals surface area contributed by atoms with E-state index in [1.165, 1.54) is 0 Å². The fourth-order valence-electron chi connectivity index (χ4n) is 1.14. The first kappa shape index (κ1) is 11.9. The Kier molecular flexibility index (Phi) is 5.04. The van der Waals surface area contributed by atoms with Gasteiger partial charge in [0, 0.05) is 12.8 Å². The van der Waals surface area contributed by atoms with Crippen molar-refractivity contribution in [1.82, 2.24) is 9.78 Å². The second-order valence-electron chi connectivity index (χ2n) is 3.95. The van der Waals surface area contributed by atoms with Gasteiger partial charge in [0.1, 0.15) is 0 Å². The summed E-state index contributed by atoms with van der Waals surface area (Å²) < 4.78 is 7.16. The van der Waals surface area contributed by atoms with Crippen molar-refractivity contribution in [2.75, 3.05) is 13.2 Å². The summed E-state index contributed by atoms with van der Waals surface area (Å²) in [5.74, 6) is 0.677. The molecule has 15 heavy (non-hydrogen) atoms. The highest BCUT2D eigenvalue weighted by atomic mass is 16.5. The lowest BCUT2D eigenvalue weighted by Crippen LogP contribution is -2.08. The van der Waals surface area contributed by atoms with E-state index in [1.54, 1.807) is 17.1 Å². The van der Waals surface area contributed by atoms with E-state index in [-0.39, 0.29) is 0 Å². The molecule has 0 unspecified atom stereocenters. The van der Waals surface area contributed by atoms with Gasteiger partial charge in [0.2, 0.25) is 0 Å². The second-order valence-corrected chi connectivity index (χ2v) is 3.95. The number of ether oxygens (including phenoxy) is 1. The van der Waals surface area contributed by atoms with Crippen LogP contribution in [0.25, 0.3) is 0 Å². The van der Waals surface area contributed by atoms with Gasteiger partial charge in [-0.05, 0) is 12.3 Å². The van der Waals surface area contributed by atoms with Crippen LogP contribution in [0.15, 0.2) is 12.4 Å². The van der Waals surface area contributed by atoms with Crippen LogP contribution in [0, 0.1) is 5.92 Å². The number of hydrogen-bond donors (Lipinski definition) is 0. The number of aromatic nitrogens is 2. The molecule has 1 aromatic rings. The Morgan fingerprint density at radius 2 is 2.33 bits per heavy atom. The largest absolute Gasteiger partial charge is 0.380 e. The SMILES string of the molecule is CC(C)CCOCCn1cc(C=O)cn1. The molecular formula is C11H18N2O2. The van der Waals surface area contributed by atoms with Crippen molar-refractivity contribution in [2.24, 2.45) is 5.92 Å². The van der Waals surface area contributed by atoms with Gasteiger partial charge >= 0.3 is 0 Å². The quantitative estimate of drug-likeness (QED) is 0.509. The lowest BCUT2D eigenvalue weighted by Gasteiger charge is -2.06. The van der Waals surface area contributed by atoms with Crippen LogP contribution >= 0.6 is 0 Å². The van der Waals surface area contributed by atoms with Crippen molar-refractivity contribution in [2.45, 2.75) is 26.8 Å². The van der Waals surface area contributed by atoms with Crippen LogP contribution in [0.1, 0.15) is 30.6 Å². The molecule has 4 nitrogen and oxygen atoms in total. The van der Waals surface area contributed by atoms with Gasteiger partial charge < -0.3 is 4.74 Å². The number of carbonyl (C=O) groups is 1. The van der Waals surface area contributed by atoms with Crippen molar-refractivity contribution in [3.63, 3.8) is 0 Å². The standard InChI is InChI=1S/C11H18N2O2/c1-10(2)3-5-15-6-4-13-8-11(9-14)7-12-13/h7-10H,3-6H2,1-2H3. The molecule has 0 aliphatic rings. The van der Waals surface area contributed by atoms with Gasteiger partial charge in [-0.15, -0.1) is 0 Å². The van der Waals surface area contributed by atoms with Crippen molar-refractivity contribution in [3.05, 3.63) is 18.0 Å². The van der Waals surface area contributed by atoms with Crippen molar-refractivity contribution in [1.29, 1.82) is 0 Å². The Morgan fingerprint density at radius 3 is 2.93 bits per heavy atom. The van der Waals surface area contributed by atoms with E-state index >= 15 is 0 Å². The minimum atomic E-state index is 0.609. The number of hydrogen-bond acceptors (Lipinski definition) is 3. The molecule has 0 N–H and O–H groups in total. The van der Waals surface area contributed by atoms with Crippen LogP contribution in [0.2, 0.25) is 0 Å². The molecule has 0 saturated carbocycles. The summed E-state index contributed by atoms with van der Waals surface area (Å²) in [4.78, 5) is 10.4. The molecule has 0 amide bonds. The minimum absolute atomic E-state index is 0.609. The van der Waals surface area contributed by atoms with Gasteiger partial charge in [0.25, 0.3) is 0 Å². The molecule has 0 aliphatic heterocycles. The van der Waals surface area contributed by atoms with Crippen LogP contribution in [-0.4, -0.2) is 29.3 Å². The smallest absolute Gasteiger partial charge is 0.153 e. The molecule has 0 spiro atoms. The maximum absolute atomic E-state index is 10.4. The number of aldehydes is 1. The first-order valence-electron chi connectivity index (χ1n) is 5.27. The molecule has 1 heterocycles. The molecule has 0 fully saturated rings. The summed E-state index contributed by atoms with van der Waals surface area (Å²) >= 11 is 0. The summed E-state index contributed by atoms with van der Waals surface area (Å²) in [6, 6.07) is 0. The normalized spacial score (nSPS) is 10.9. The molecule has 1 aromatic heterocycles. The maximum Gasteiger partial charge on any atom is 0.153 e. The van der Waals surface area contributed by atoms with Crippen molar-refractivity contribution >= 4 is 6.29 Å². The maximum atomic E-state index is 10.4. The summed E-state index contributed by atoms with van der Waals surface area (Å²) in [6.07, 6.45) is 5.15. The number of nitrogens with zero attached hydrogens (tertiary/aromatic N) is 2. The Balaban J connectivity index is 2.12. The first-order valence-corrected chi connectivity index (χ1v) is 5.27. The van der Waals surface area contributed by atoms with E-state index in [0.29, 0.717) is 24.6 Å². The zero-order chi connectivity index (χ0) is 11.1. The Bertz CT molecular complexity index is 295. The summed E-state index contributed by atoms with van der Waals surface area (Å²) in [7, 11) is 0. The lowest BCUT2D eigenvalue weighted by molar-refractivity contribution is 0.111. The average Bonchev–Trinajstić information content (AvgIpc) is 2.65. The van der Waals surface area contributed by atoms with Gasteiger partial charge in [0.05, 0.1) is 24.9 Å². The van der Waals surface area contributed by atoms with Crippen molar-refractivity contribution < 1.29 is 9.53 Å². The molecule has 0 radical (unpaired) electrons. The van der Waals surface area contributed by atoms with Crippen LogP contribution in [0.4, 0.5) is 0 Å². The average molecular weight is 210 g/mol. The summed E-state index contributed by atoms with van der Waals surface area (Å²) in [6.45, 7) is 6.48. The third-order valence-corrected chi connectivity index (χ3v) is 2.09. The van der Waals surface area contributed by atoms with E-state index < -0.39 is 0 Å². The molecule has 1 rings (SSSR count). The predicted octanol–water partition coefficient (Wildman–Crippen LogP) is 1.76. The van der Waals surface area contributed by atoms with Gasteiger partial charge in [-0.1, -0.05) is 13.8 Å². The Morgan fingerprint density at radius 1 is 1.53 bits per heavy atom. The third kappa shape index (κ3) is 4.74. The van der Waals surface area contributed by atoms with Crippen LogP contribution in [0.5, 0.6) is 0 Å². The molecule has 0 atom stereocenters. The van der Waals surface area contributed by atoms with Gasteiger partial charge in [0.15, 0.2) is 6.29 Å².